The van der Waals surface area contributed by atoms with Crippen molar-refractivity contribution < 1.29 is 17.9 Å². The van der Waals surface area contributed by atoms with Crippen LogP contribution in [0.4, 0.5) is 24.9 Å². The van der Waals surface area contributed by atoms with E-state index in [1.54, 1.807) is 12.1 Å². The third-order valence-corrected chi connectivity index (χ3v) is 5.37. The van der Waals surface area contributed by atoms with Crippen LogP contribution in [0, 0.1) is 6.92 Å². The van der Waals surface area contributed by atoms with E-state index < -0.39 is 6.36 Å². The Hall–Kier alpha value is -3.29. The molecule has 1 heterocycles. The number of rotatable bonds is 7. The molecular weight excluding hydrogens is 417 g/mol. The number of nitrogens with one attached hydrogen (secondary N) is 2. The third-order valence-electron chi connectivity index (χ3n) is 5.37. The quantitative estimate of drug-likeness (QED) is 0.449. The van der Waals surface area contributed by atoms with Crippen LogP contribution in [0.5, 0.6) is 5.75 Å². The third kappa shape index (κ3) is 6.12. The van der Waals surface area contributed by atoms with E-state index in [4.69, 9.17) is 0 Å². The van der Waals surface area contributed by atoms with Crippen LogP contribution in [0.25, 0.3) is 11.3 Å². The summed E-state index contributed by atoms with van der Waals surface area (Å²) in [4.78, 5) is 9.16. The highest BCUT2D eigenvalue weighted by atomic mass is 19.4. The van der Waals surface area contributed by atoms with Gasteiger partial charge in [-0.05, 0) is 37.5 Å². The Labute approximate surface area is 185 Å². The van der Waals surface area contributed by atoms with Gasteiger partial charge in [0.2, 0.25) is 5.95 Å². The highest BCUT2D eigenvalue weighted by Gasteiger charge is 2.31. The van der Waals surface area contributed by atoms with E-state index in [1.165, 1.54) is 23.8 Å². The number of alkyl halides is 3. The number of aromatic nitrogens is 2. The molecule has 32 heavy (non-hydrogen) atoms. The smallest absolute Gasteiger partial charge is 0.406 e. The van der Waals surface area contributed by atoms with Crippen molar-refractivity contribution in [1.29, 1.82) is 0 Å². The molecule has 2 aromatic carbocycles. The maximum absolute atomic E-state index is 12.6. The maximum Gasteiger partial charge on any atom is 0.573 e. The molecule has 8 heteroatoms. The first-order chi connectivity index (χ1) is 15.3. The van der Waals surface area contributed by atoms with Gasteiger partial charge in [-0.15, -0.1) is 13.2 Å². The summed E-state index contributed by atoms with van der Waals surface area (Å²) in [5.41, 5.74) is 3.31. The van der Waals surface area contributed by atoms with Crippen molar-refractivity contribution in [2.45, 2.75) is 51.6 Å². The molecule has 0 saturated heterocycles. The summed E-state index contributed by atoms with van der Waals surface area (Å²) >= 11 is 0. The van der Waals surface area contributed by atoms with Gasteiger partial charge in [0.05, 0.1) is 5.69 Å². The number of nitrogens with zero attached hydrogens (tertiary/aromatic N) is 2. The fraction of sp³-hybridized carbons (Fsp3) is 0.333. The lowest BCUT2D eigenvalue weighted by atomic mass is 10.1. The van der Waals surface area contributed by atoms with Gasteiger partial charge in [0.15, 0.2) is 0 Å². The lowest BCUT2D eigenvalue weighted by molar-refractivity contribution is -0.274. The number of halogens is 3. The van der Waals surface area contributed by atoms with Gasteiger partial charge in [0.25, 0.3) is 0 Å². The zero-order chi connectivity index (χ0) is 22.6. The predicted octanol–water partition coefficient (Wildman–Crippen LogP) is 6.32. The van der Waals surface area contributed by atoms with Gasteiger partial charge in [-0.25, -0.2) is 4.98 Å². The minimum absolute atomic E-state index is 0.284. The van der Waals surface area contributed by atoms with Gasteiger partial charge in [0.1, 0.15) is 11.6 Å². The second-order valence-corrected chi connectivity index (χ2v) is 8.00. The minimum atomic E-state index is -4.75. The molecule has 4 rings (SSSR count). The van der Waals surface area contributed by atoms with Crippen LogP contribution in [-0.4, -0.2) is 22.4 Å². The molecule has 0 spiro atoms. The molecule has 0 radical (unpaired) electrons. The van der Waals surface area contributed by atoms with E-state index >= 15 is 0 Å². The Bertz CT molecular complexity index is 1050. The fourth-order valence-corrected chi connectivity index (χ4v) is 3.75. The molecule has 0 amide bonds. The monoisotopic (exact) mass is 442 g/mol. The van der Waals surface area contributed by atoms with Gasteiger partial charge in [-0.1, -0.05) is 54.8 Å². The minimum Gasteiger partial charge on any atom is -0.406 e. The molecule has 5 nitrogen and oxygen atoms in total. The Kier molecular flexibility index (Phi) is 6.48. The average molecular weight is 442 g/mol. The highest BCUT2D eigenvalue weighted by Crippen LogP contribution is 2.29. The molecule has 1 aliphatic carbocycles. The first-order valence-corrected chi connectivity index (χ1v) is 10.7. The lowest BCUT2D eigenvalue weighted by Crippen LogP contribution is -2.18. The summed E-state index contributed by atoms with van der Waals surface area (Å²) < 4.78 is 42.0. The molecule has 0 bridgehead atoms. The summed E-state index contributed by atoms with van der Waals surface area (Å²) in [6, 6.07) is 16.0. The maximum atomic E-state index is 12.6. The van der Waals surface area contributed by atoms with Crippen LogP contribution < -0.4 is 15.4 Å². The van der Waals surface area contributed by atoms with Crippen LogP contribution in [-0.2, 0) is 6.54 Å². The van der Waals surface area contributed by atoms with Crippen LogP contribution >= 0.6 is 0 Å². The molecule has 2 N–H and O–H groups in total. The predicted molar refractivity (Wildman–Crippen MR) is 119 cm³/mol. The van der Waals surface area contributed by atoms with Gasteiger partial charge in [-0.2, -0.15) is 4.98 Å². The number of ether oxygens (including phenoxy) is 1. The van der Waals surface area contributed by atoms with E-state index in [2.05, 4.69) is 25.3 Å². The summed E-state index contributed by atoms with van der Waals surface area (Å²) in [7, 11) is 0. The molecule has 0 aliphatic heterocycles. The molecule has 1 fully saturated rings. The Morgan fingerprint density at radius 1 is 1.00 bits per heavy atom. The highest BCUT2D eigenvalue weighted by molar-refractivity contribution is 5.66. The van der Waals surface area contributed by atoms with E-state index in [0.717, 1.165) is 31.2 Å². The van der Waals surface area contributed by atoms with Crippen molar-refractivity contribution in [1.82, 2.24) is 9.97 Å². The second-order valence-electron chi connectivity index (χ2n) is 8.00. The van der Waals surface area contributed by atoms with E-state index in [1.807, 2.05) is 31.2 Å². The lowest BCUT2D eigenvalue weighted by Gasteiger charge is -2.15. The second kappa shape index (κ2) is 9.46. The molecule has 1 aliphatic rings. The van der Waals surface area contributed by atoms with Gasteiger partial charge < -0.3 is 15.4 Å². The molecule has 0 atom stereocenters. The molecule has 168 valence electrons. The van der Waals surface area contributed by atoms with Crippen molar-refractivity contribution in [3.05, 3.63) is 65.7 Å². The van der Waals surface area contributed by atoms with E-state index in [0.29, 0.717) is 35.6 Å². The van der Waals surface area contributed by atoms with Crippen LogP contribution in [0.1, 0.15) is 36.8 Å². The molecular formula is C24H25F3N4O. The Morgan fingerprint density at radius 2 is 1.75 bits per heavy atom. The SMILES string of the molecule is Cc1ccc(CNc2cc(-c3cccc(OC(F)(F)F)c3)nc(NC3CCCC3)n2)cc1. The first kappa shape index (κ1) is 21.9. The van der Waals surface area contributed by atoms with Gasteiger partial charge >= 0.3 is 6.36 Å². The van der Waals surface area contributed by atoms with Gasteiger partial charge in [-0.3, -0.25) is 0 Å². The van der Waals surface area contributed by atoms with Crippen LogP contribution in [0.3, 0.4) is 0 Å². The number of hydrogen-bond acceptors (Lipinski definition) is 5. The number of anilines is 2. The first-order valence-electron chi connectivity index (χ1n) is 10.7. The fourth-order valence-electron chi connectivity index (χ4n) is 3.75. The average Bonchev–Trinajstić information content (AvgIpc) is 3.25. The van der Waals surface area contributed by atoms with Crippen molar-refractivity contribution in [2.24, 2.45) is 0 Å². The molecule has 0 unspecified atom stereocenters. The zero-order valence-electron chi connectivity index (χ0n) is 17.7. The summed E-state index contributed by atoms with van der Waals surface area (Å²) in [6.45, 7) is 2.60. The largest absolute Gasteiger partial charge is 0.573 e. The Morgan fingerprint density at radius 3 is 2.47 bits per heavy atom. The molecule has 1 aromatic heterocycles. The topological polar surface area (TPSA) is 59.1 Å². The molecule has 3 aromatic rings. The summed E-state index contributed by atoms with van der Waals surface area (Å²) in [6.07, 6.45) is -0.330. The van der Waals surface area contributed by atoms with Crippen molar-refractivity contribution >= 4 is 11.8 Å². The number of aryl methyl sites for hydroxylation is 1. The van der Waals surface area contributed by atoms with Crippen molar-refractivity contribution in [3.63, 3.8) is 0 Å². The van der Waals surface area contributed by atoms with Crippen molar-refractivity contribution in [2.75, 3.05) is 10.6 Å². The van der Waals surface area contributed by atoms with Gasteiger partial charge in [0, 0.05) is 24.2 Å². The van der Waals surface area contributed by atoms with E-state index in [-0.39, 0.29) is 5.75 Å². The van der Waals surface area contributed by atoms with Crippen LogP contribution in [0.15, 0.2) is 54.6 Å². The number of benzene rings is 2. The zero-order valence-corrected chi connectivity index (χ0v) is 17.7. The molecule has 1 saturated carbocycles. The summed E-state index contributed by atoms with van der Waals surface area (Å²) in [5.74, 6) is 0.772. The van der Waals surface area contributed by atoms with Crippen molar-refractivity contribution in [3.8, 4) is 17.0 Å². The van der Waals surface area contributed by atoms with E-state index in [9.17, 15) is 13.2 Å². The number of hydrogen-bond donors (Lipinski definition) is 2. The normalized spacial score (nSPS) is 14.4. The standard InChI is InChI=1S/C24H25F3N4O/c1-16-9-11-17(12-10-16)15-28-22-14-21(30-23(31-22)29-19-6-2-3-7-19)18-5-4-8-20(13-18)32-24(25,26)27/h4-5,8-14,19H,2-3,6-7,15H2,1H3,(H2,28,29,30,31). The summed E-state index contributed by atoms with van der Waals surface area (Å²) in [5, 5.41) is 6.68. The Balaban J connectivity index is 1.60. The van der Waals surface area contributed by atoms with Crippen LogP contribution in [0.2, 0.25) is 0 Å².